The fourth-order valence-corrected chi connectivity index (χ4v) is 3.51. The third kappa shape index (κ3) is 4.19. The first-order valence-corrected chi connectivity index (χ1v) is 8.46. The number of hydrogen-bond donors (Lipinski definition) is 2. The second-order valence-electron chi connectivity index (χ2n) is 7.87. The van der Waals surface area contributed by atoms with Gasteiger partial charge >= 0.3 is 0 Å². The largest absolute Gasteiger partial charge is 0.315 e. The summed E-state index contributed by atoms with van der Waals surface area (Å²) in [7, 11) is 0. The second-order valence-corrected chi connectivity index (χ2v) is 7.87. The lowest BCUT2D eigenvalue weighted by Gasteiger charge is -2.41. The highest BCUT2D eigenvalue weighted by Gasteiger charge is 2.31. The Kier molecular flexibility index (Phi) is 5.30. The number of nitrogens with one attached hydrogen (secondary N) is 2. The minimum Gasteiger partial charge on any atom is -0.315 e. The molecule has 1 aliphatic carbocycles. The molecule has 2 aliphatic rings. The van der Waals surface area contributed by atoms with Crippen LogP contribution < -0.4 is 10.6 Å². The summed E-state index contributed by atoms with van der Waals surface area (Å²) in [6.45, 7) is 11.7. The predicted molar refractivity (Wildman–Crippen MR) is 83.4 cm³/mol. The van der Waals surface area contributed by atoms with Crippen molar-refractivity contribution in [2.45, 2.75) is 78.3 Å². The monoisotopic (exact) mass is 266 g/mol. The first-order chi connectivity index (χ1) is 8.99. The SMILES string of the molecule is CC(C)C(C)(C)CNCC1CCC2CCCCC2N1. The molecular formula is C17H34N2. The molecule has 2 nitrogen and oxygen atoms in total. The predicted octanol–water partition coefficient (Wildman–Crippen LogP) is 3.57. The topological polar surface area (TPSA) is 24.1 Å². The van der Waals surface area contributed by atoms with Gasteiger partial charge in [0, 0.05) is 25.2 Å². The Morgan fingerprint density at radius 3 is 2.58 bits per heavy atom. The summed E-state index contributed by atoms with van der Waals surface area (Å²) >= 11 is 0. The van der Waals surface area contributed by atoms with E-state index in [2.05, 4.69) is 38.3 Å². The lowest BCUT2D eigenvalue weighted by molar-refractivity contribution is 0.168. The highest BCUT2D eigenvalue weighted by atomic mass is 15.0. The maximum absolute atomic E-state index is 3.91. The van der Waals surface area contributed by atoms with Gasteiger partial charge in [-0.05, 0) is 42.9 Å². The van der Waals surface area contributed by atoms with Crippen molar-refractivity contribution in [3.8, 4) is 0 Å². The first-order valence-electron chi connectivity index (χ1n) is 8.46. The van der Waals surface area contributed by atoms with Crippen LogP contribution in [0.4, 0.5) is 0 Å². The molecule has 0 aromatic heterocycles. The summed E-state index contributed by atoms with van der Waals surface area (Å²) in [5.74, 6) is 1.72. The van der Waals surface area contributed by atoms with Crippen LogP contribution in [-0.2, 0) is 0 Å². The molecule has 2 fully saturated rings. The number of piperidine rings is 1. The third-order valence-corrected chi connectivity index (χ3v) is 5.78. The highest BCUT2D eigenvalue weighted by molar-refractivity contribution is 4.90. The van der Waals surface area contributed by atoms with Crippen LogP contribution >= 0.6 is 0 Å². The summed E-state index contributed by atoms with van der Waals surface area (Å²) in [5, 5.41) is 7.62. The van der Waals surface area contributed by atoms with E-state index in [1.165, 1.54) is 38.5 Å². The summed E-state index contributed by atoms with van der Waals surface area (Å²) in [4.78, 5) is 0. The van der Waals surface area contributed by atoms with Crippen LogP contribution in [0.2, 0.25) is 0 Å². The number of rotatable bonds is 5. The molecule has 2 N–H and O–H groups in total. The zero-order chi connectivity index (χ0) is 13.9. The Labute approximate surface area is 120 Å². The van der Waals surface area contributed by atoms with Gasteiger partial charge in [-0.25, -0.2) is 0 Å². The molecule has 0 bridgehead atoms. The fourth-order valence-electron chi connectivity index (χ4n) is 3.51. The van der Waals surface area contributed by atoms with Crippen LogP contribution in [0.5, 0.6) is 0 Å². The van der Waals surface area contributed by atoms with Crippen LogP contribution in [0, 0.1) is 17.3 Å². The average molecular weight is 266 g/mol. The molecule has 0 spiro atoms. The van der Waals surface area contributed by atoms with Gasteiger partial charge in [-0.15, -0.1) is 0 Å². The minimum atomic E-state index is 0.405. The van der Waals surface area contributed by atoms with Crippen molar-refractivity contribution in [2.24, 2.45) is 17.3 Å². The second kappa shape index (κ2) is 6.58. The lowest BCUT2D eigenvalue weighted by atomic mass is 9.77. The third-order valence-electron chi connectivity index (χ3n) is 5.78. The Balaban J connectivity index is 1.69. The Bertz CT molecular complexity index is 272. The normalized spacial score (nSPS) is 32.4. The molecular weight excluding hydrogens is 232 g/mol. The molecule has 0 aromatic carbocycles. The molecule has 0 aromatic rings. The minimum absolute atomic E-state index is 0.405. The van der Waals surface area contributed by atoms with Gasteiger partial charge in [0.15, 0.2) is 0 Å². The first kappa shape index (κ1) is 15.3. The zero-order valence-electron chi connectivity index (χ0n) is 13.5. The Morgan fingerprint density at radius 2 is 1.84 bits per heavy atom. The van der Waals surface area contributed by atoms with E-state index in [0.717, 1.165) is 31.0 Å². The van der Waals surface area contributed by atoms with Gasteiger partial charge in [0.25, 0.3) is 0 Å². The van der Waals surface area contributed by atoms with Crippen LogP contribution in [0.1, 0.15) is 66.2 Å². The highest BCUT2D eigenvalue weighted by Crippen LogP contribution is 2.32. The van der Waals surface area contributed by atoms with Gasteiger partial charge in [-0.3, -0.25) is 0 Å². The molecule has 19 heavy (non-hydrogen) atoms. The maximum atomic E-state index is 3.91. The summed E-state index contributed by atoms with van der Waals surface area (Å²) < 4.78 is 0. The molecule has 0 amide bonds. The van der Waals surface area contributed by atoms with Crippen LogP contribution in [-0.4, -0.2) is 25.2 Å². The molecule has 3 unspecified atom stereocenters. The van der Waals surface area contributed by atoms with Crippen LogP contribution in [0.3, 0.4) is 0 Å². The molecule has 1 heterocycles. The average Bonchev–Trinajstić information content (AvgIpc) is 2.38. The van der Waals surface area contributed by atoms with Crippen molar-refractivity contribution in [1.29, 1.82) is 0 Å². The van der Waals surface area contributed by atoms with E-state index < -0.39 is 0 Å². The molecule has 1 saturated heterocycles. The Morgan fingerprint density at radius 1 is 1.11 bits per heavy atom. The van der Waals surface area contributed by atoms with E-state index in [1.54, 1.807) is 0 Å². The molecule has 3 atom stereocenters. The quantitative estimate of drug-likeness (QED) is 0.795. The van der Waals surface area contributed by atoms with E-state index in [1.807, 2.05) is 0 Å². The summed E-state index contributed by atoms with van der Waals surface area (Å²) in [6.07, 6.45) is 8.62. The van der Waals surface area contributed by atoms with Gasteiger partial charge in [-0.1, -0.05) is 40.5 Å². The maximum Gasteiger partial charge on any atom is 0.0195 e. The van der Waals surface area contributed by atoms with Gasteiger partial charge in [-0.2, -0.15) is 0 Å². The van der Waals surface area contributed by atoms with Gasteiger partial charge < -0.3 is 10.6 Å². The molecule has 112 valence electrons. The molecule has 2 heteroatoms. The van der Waals surface area contributed by atoms with Crippen LogP contribution in [0.25, 0.3) is 0 Å². The van der Waals surface area contributed by atoms with Gasteiger partial charge in [0.1, 0.15) is 0 Å². The fraction of sp³-hybridized carbons (Fsp3) is 1.00. The van der Waals surface area contributed by atoms with Crippen molar-refractivity contribution >= 4 is 0 Å². The zero-order valence-corrected chi connectivity index (χ0v) is 13.5. The van der Waals surface area contributed by atoms with Gasteiger partial charge in [0.05, 0.1) is 0 Å². The van der Waals surface area contributed by atoms with Gasteiger partial charge in [0.2, 0.25) is 0 Å². The van der Waals surface area contributed by atoms with E-state index in [9.17, 15) is 0 Å². The molecule has 1 aliphatic heterocycles. The number of fused-ring (bicyclic) bond motifs is 1. The van der Waals surface area contributed by atoms with Crippen molar-refractivity contribution in [3.05, 3.63) is 0 Å². The molecule has 2 rings (SSSR count). The van der Waals surface area contributed by atoms with E-state index in [-0.39, 0.29) is 0 Å². The smallest absolute Gasteiger partial charge is 0.0195 e. The van der Waals surface area contributed by atoms with Crippen molar-refractivity contribution in [3.63, 3.8) is 0 Å². The van der Waals surface area contributed by atoms with Crippen molar-refractivity contribution < 1.29 is 0 Å². The molecule has 0 radical (unpaired) electrons. The lowest BCUT2D eigenvalue weighted by Crippen LogP contribution is -2.53. The van der Waals surface area contributed by atoms with Crippen molar-refractivity contribution in [2.75, 3.05) is 13.1 Å². The Hall–Kier alpha value is -0.0800. The van der Waals surface area contributed by atoms with Crippen molar-refractivity contribution in [1.82, 2.24) is 10.6 Å². The van der Waals surface area contributed by atoms with E-state index >= 15 is 0 Å². The van der Waals surface area contributed by atoms with E-state index in [0.29, 0.717) is 11.5 Å². The van der Waals surface area contributed by atoms with Crippen LogP contribution in [0.15, 0.2) is 0 Å². The summed E-state index contributed by atoms with van der Waals surface area (Å²) in [5.41, 5.74) is 0.405. The molecule has 1 saturated carbocycles. The summed E-state index contributed by atoms with van der Waals surface area (Å²) in [6, 6.07) is 1.54. The standard InChI is InChI=1S/C17H34N2/c1-13(2)17(3,4)12-18-11-15-10-9-14-7-5-6-8-16(14)19-15/h13-16,18-19H,5-12H2,1-4H3. The van der Waals surface area contributed by atoms with E-state index in [4.69, 9.17) is 0 Å². The number of hydrogen-bond acceptors (Lipinski definition) is 2.